The van der Waals surface area contributed by atoms with E-state index in [0.717, 1.165) is 88.7 Å². The fourth-order valence-corrected chi connectivity index (χ4v) is 5.67. The maximum absolute atomic E-state index is 5.76. The molecule has 2 heteroatoms. The lowest BCUT2D eigenvalue weighted by molar-refractivity contribution is 0.415. The fourth-order valence-electron chi connectivity index (χ4n) is 5.67. The van der Waals surface area contributed by atoms with Gasteiger partial charge in [0.1, 0.15) is 5.75 Å². The first-order valence-electron chi connectivity index (χ1n) is 19.0. The summed E-state index contributed by atoms with van der Waals surface area (Å²) in [4.78, 5) is 2.44. The van der Waals surface area contributed by atoms with Gasteiger partial charge in [-0.2, -0.15) is 0 Å². The predicted molar refractivity (Wildman–Crippen MR) is 222 cm³/mol. The number of ether oxygens (including phenoxy) is 1. The minimum Gasteiger partial charge on any atom is -0.495 e. The van der Waals surface area contributed by atoms with Gasteiger partial charge in [0, 0.05) is 13.1 Å². The number of para-hydroxylation sites is 2. The molecule has 0 unspecified atom stereocenters. The molecule has 0 bridgehead atoms. The lowest BCUT2D eigenvalue weighted by Gasteiger charge is -2.24. The molecule has 49 heavy (non-hydrogen) atoms. The van der Waals surface area contributed by atoms with Crippen LogP contribution in [0.5, 0.6) is 5.75 Å². The van der Waals surface area contributed by atoms with Crippen LogP contribution in [0.2, 0.25) is 0 Å². The summed E-state index contributed by atoms with van der Waals surface area (Å²) in [6, 6.07) is 8.41. The molecule has 0 amide bonds. The summed E-state index contributed by atoms with van der Waals surface area (Å²) in [5.74, 6) is 0.930. The monoisotopic (exact) mass is 668 g/mol. The highest BCUT2D eigenvalue weighted by atomic mass is 16.5. The Morgan fingerprint density at radius 3 is 1.08 bits per heavy atom. The number of allylic oxidation sites excluding steroid dienone is 14. The van der Waals surface area contributed by atoms with Crippen LogP contribution in [-0.2, 0) is 0 Å². The van der Waals surface area contributed by atoms with Crippen molar-refractivity contribution in [3.05, 3.63) is 117 Å². The summed E-state index contributed by atoms with van der Waals surface area (Å²) in [6.07, 6.45) is 32.9. The second-order valence-corrected chi connectivity index (χ2v) is 14.7. The third-order valence-corrected chi connectivity index (χ3v) is 9.05. The van der Waals surface area contributed by atoms with Crippen molar-refractivity contribution in [1.82, 2.24) is 0 Å². The van der Waals surface area contributed by atoms with Crippen molar-refractivity contribution in [3.8, 4) is 5.75 Å². The zero-order valence-electron chi connectivity index (χ0n) is 33.7. The molecular formula is C47H73NO. The number of hydrogen-bond acceptors (Lipinski definition) is 2. The number of anilines is 1. The molecule has 0 radical (unpaired) electrons. The van der Waals surface area contributed by atoms with Crippen LogP contribution in [-0.4, -0.2) is 20.2 Å². The number of hydrogen-bond donors (Lipinski definition) is 0. The molecule has 0 atom stereocenters. The Morgan fingerprint density at radius 2 is 0.755 bits per heavy atom. The molecule has 0 fully saturated rings. The van der Waals surface area contributed by atoms with Crippen LogP contribution >= 0.6 is 0 Å². The van der Waals surface area contributed by atoms with Crippen LogP contribution in [0.3, 0.4) is 0 Å². The van der Waals surface area contributed by atoms with Gasteiger partial charge in [-0.05, 0) is 158 Å². The van der Waals surface area contributed by atoms with E-state index in [2.05, 4.69) is 147 Å². The van der Waals surface area contributed by atoms with Gasteiger partial charge in [-0.15, -0.1) is 0 Å². The first-order valence-corrected chi connectivity index (χ1v) is 19.0. The van der Waals surface area contributed by atoms with E-state index in [1.807, 2.05) is 0 Å². The largest absolute Gasteiger partial charge is 0.495 e. The standard InChI is InChI=1S/C47H73NO/c1-38(2)20-14-22-40(5)24-16-26-42(7)28-18-30-44(9)34-36-48(46-32-12-13-33-47(46)49-11)37-35-45(10)31-19-29-43(8)27-17-25-41(6)23-15-21-39(3)4/h12-13,20-21,24-25,28-29,32-35H,14-19,22-23,26-27,30-31,36-37H2,1-11H3. The number of nitrogens with zero attached hydrogens (tertiary/aromatic N) is 1. The van der Waals surface area contributed by atoms with Gasteiger partial charge in [0.2, 0.25) is 0 Å². The summed E-state index contributed by atoms with van der Waals surface area (Å²) in [7, 11) is 1.77. The first-order chi connectivity index (χ1) is 23.4. The molecular weight excluding hydrogens is 595 g/mol. The van der Waals surface area contributed by atoms with Crippen LogP contribution in [0.4, 0.5) is 5.69 Å². The van der Waals surface area contributed by atoms with Gasteiger partial charge in [0.25, 0.3) is 0 Å². The van der Waals surface area contributed by atoms with Crippen LogP contribution in [0.25, 0.3) is 0 Å². The Balaban J connectivity index is 2.69. The Bertz CT molecular complexity index is 1250. The molecule has 0 spiro atoms. The summed E-state index contributed by atoms with van der Waals surface area (Å²) in [5.41, 5.74) is 12.9. The second kappa shape index (κ2) is 26.6. The van der Waals surface area contributed by atoms with Crippen molar-refractivity contribution >= 4 is 5.69 Å². The van der Waals surface area contributed by atoms with Crippen molar-refractivity contribution in [2.45, 2.75) is 146 Å². The maximum atomic E-state index is 5.76. The van der Waals surface area contributed by atoms with Crippen molar-refractivity contribution in [2.24, 2.45) is 0 Å². The molecule has 272 valence electrons. The SMILES string of the molecule is COc1ccccc1N(CC=C(C)CCC=C(C)CCC=C(C)CCC=C(C)C)CC=C(C)CCC=C(C)CCC=C(C)CCC=C(C)C. The van der Waals surface area contributed by atoms with Gasteiger partial charge < -0.3 is 9.64 Å². The van der Waals surface area contributed by atoms with Crippen LogP contribution < -0.4 is 9.64 Å². The van der Waals surface area contributed by atoms with E-state index in [-0.39, 0.29) is 0 Å². The molecule has 1 rings (SSSR count). The van der Waals surface area contributed by atoms with Gasteiger partial charge >= 0.3 is 0 Å². The van der Waals surface area contributed by atoms with Gasteiger partial charge in [-0.3, -0.25) is 0 Å². The summed E-state index contributed by atoms with van der Waals surface area (Å²) < 4.78 is 5.76. The summed E-state index contributed by atoms with van der Waals surface area (Å²) in [6.45, 7) is 24.1. The average molecular weight is 668 g/mol. The van der Waals surface area contributed by atoms with Crippen molar-refractivity contribution in [1.29, 1.82) is 0 Å². The lowest BCUT2D eigenvalue weighted by atomic mass is 10.0. The zero-order valence-corrected chi connectivity index (χ0v) is 33.7. The molecule has 0 aliphatic rings. The van der Waals surface area contributed by atoms with E-state index in [1.54, 1.807) is 7.11 Å². The second-order valence-electron chi connectivity index (χ2n) is 14.7. The molecule has 0 aliphatic carbocycles. The molecule has 1 aromatic carbocycles. The molecule has 1 aromatic rings. The number of rotatable bonds is 24. The number of methoxy groups -OCH3 is 1. The van der Waals surface area contributed by atoms with Crippen LogP contribution in [0.15, 0.2) is 117 Å². The van der Waals surface area contributed by atoms with Gasteiger partial charge in [0.15, 0.2) is 0 Å². The molecule has 0 saturated heterocycles. The fraction of sp³-hybridized carbons (Fsp3) is 0.532. The Kier molecular flexibility index (Phi) is 23.7. The average Bonchev–Trinajstić information content (AvgIpc) is 3.04. The third kappa shape index (κ3) is 22.9. The van der Waals surface area contributed by atoms with E-state index in [0.29, 0.717) is 0 Å². The maximum Gasteiger partial charge on any atom is 0.142 e. The van der Waals surface area contributed by atoms with Crippen molar-refractivity contribution in [3.63, 3.8) is 0 Å². The minimum atomic E-state index is 0.871. The Labute approximate surface area is 304 Å². The molecule has 0 aromatic heterocycles. The predicted octanol–water partition coefficient (Wildman–Crippen LogP) is 14.8. The van der Waals surface area contributed by atoms with Crippen molar-refractivity contribution < 1.29 is 4.74 Å². The van der Waals surface area contributed by atoms with Crippen molar-refractivity contribution in [2.75, 3.05) is 25.1 Å². The van der Waals surface area contributed by atoms with Gasteiger partial charge in [-0.1, -0.05) is 105 Å². The highest BCUT2D eigenvalue weighted by molar-refractivity contribution is 5.59. The molecule has 2 nitrogen and oxygen atoms in total. The topological polar surface area (TPSA) is 12.5 Å². The highest BCUT2D eigenvalue weighted by Crippen LogP contribution is 2.28. The van der Waals surface area contributed by atoms with E-state index in [4.69, 9.17) is 4.74 Å². The minimum absolute atomic E-state index is 0.871. The van der Waals surface area contributed by atoms with Gasteiger partial charge in [-0.25, -0.2) is 0 Å². The van der Waals surface area contributed by atoms with E-state index < -0.39 is 0 Å². The smallest absolute Gasteiger partial charge is 0.142 e. The lowest BCUT2D eigenvalue weighted by Crippen LogP contribution is -2.24. The molecule has 0 saturated carbocycles. The number of benzene rings is 1. The van der Waals surface area contributed by atoms with E-state index >= 15 is 0 Å². The third-order valence-electron chi connectivity index (χ3n) is 9.05. The van der Waals surface area contributed by atoms with E-state index in [1.165, 1.54) is 57.4 Å². The quantitative estimate of drug-likeness (QED) is 0.102. The van der Waals surface area contributed by atoms with Gasteiger partial charge in [0.05, 0.1) is 12.8 Å². The summed E-state index contributed by atoms with van der Waals surface area (Å²) in [5, 5.41) is 0. The first kappa shape index (κ1) is 43.8. The molecule has 0 aliphatic heterocycles. The molecule has 0 N–H and O–H groups in total. The Hall–Kier alpha value is -3.26. The molecule has 0 heterocycles. The normalized spacial score (nSPS) is 13.4. The summed E-state index contributed by atoms with van der Waals surface area (Å²) >= 11 is 0. The van der Waals surface area contributed by atoms with Crippen LogP contribution in [0, 0.1) is 0 Å². The zero-order chi connectivity index (χ0) is 36.4. The van der Waals surface area contributed by atoms with E-state index in [9.17, 15) is 0 Å². The Morgan fingerprint density at radius 1 is 0.449 bits per heavy atom. The van der Waals surface area contributed by atoms with Crippen LogP contribution in [0.1, 0.15) is 146 Å². The highest BCUT2D eigenvalue weighted by Gasteiger charge is 2.10.